The SMILES string of the molecule is CC1=C(C(C)C(=O)O)c2cc(F)ccc2C1=Cc1ccc(N(C)C)cc1. The summed E-state index contributed by atoms with van der Waals surface area (Å²) in [5, 5.41) is 9.46. The molecule has 0 aromatic heterocycles. The Bertz CT molecular complexity index is 924. The van der Waals surface area contributed by atoms with Crippen LogP contribution in [0.5, 0.6) is 0 Å². The molecule has 0 radical (unpaired) electrons. The van der Waals surface area contributed by atoms with Gasteiger partial charge in [0.1, 0.15) is 5.82 Å². The molecule has 2 aromatic rings. The van der Waals surface area contributed by atoms with Crippen LogP contribution >= 0.6 is 0 Å². The standard InChI is InChI=1S/C22H22FNO2/c1-13-19(11-15-5-8-17(9-6-15)24(3)4)18-10-7-16(23)12-20(18)21(13)14(2)22(25)26/h5-12,14H,1-4H3,(H,25,26). The van der Waals surface area contributed by atoms with Gasteiger partial charge in [-0.3, -0.25) is 4.79 Å². The van der Waals surface area contributed by atoms with Gasteiger partial charge in [-0.15, -0.1) is 0 Å². The van der Waals surface area contributed by atoms with E-state index in [9.17, 15) is 14.3 Å². The number of rotatable bonds is 4. The molecule has 1 aliphatic carbocycles. The average molecular weight is 351 g/mol. The number of hydrogen-bond acceptors (Lipinski definition) is 2. The maximum Gasteiger partial charge on any atom is 0.310 e. The molecule has 1 unspecified atom stereocenters. The molecule has 0 aliphatic heterocycles. The third-order valence-corrected chi connectivity index (χ3v) is 4.89. The van der Waals surface area contributed by atoms with Crippen LogP contribution < -0.4 is 4.90 Å². The van der Waals surface area contributed by atoms with E-state index in [0.29, 0.717) is 11.1 Å². The Hall–Kier alpha value is -2.88. The molecule has 0 saturated heterocycles. The Balaban J connectivity index is 2.13. The van der Waals surface area contributed by atoms with Crippen molar-refractivity contribution in [1.29, 1.82) is 0 Å². The number of carbonyl (C=O) groups is 1. The fraction of sp³-hybridized carbons (Fsp3) is 0.227. The molecule has 1 aliphatic rings. The van der Waals surface area contributed by atoms with Gasteiger partial charge in [0, 0.05) is 19.8 Å². The molecule has 0 amide bonds. The van der Waals surface area contributed by atoms with Crippen molar-refractivity contribution < 1.29 is 14.3 Å². The van der Waals surface area contributed by atoms with Crippen molar-refractivity contribution in [2.45, 2.75) is 13.8 Å². The Morgan fingerprint density at radius 3 is 2.35 bits per heavy atom. The maximum absolute atomic E-state index is 13.8. The first-order chi connectivity index (χ1) is 12.3. The molecule has 3 rings (SSSR count). The number of carboxylic acid groups (broad SMARTS) is 1. The van der Waals surface area contributed by atoms with Gasteiger partial charge >= 0.3 is 5.97 Å². The molecule has 1 atom stereocenters. The minimum atomic E-state index is -0.911. The second-order valence-electron chi connectivity index (χ2n) is 6.83. The number of fused-ring (bicyclic) bond motifs is 1. The zero-order valence-electron chi connectivity index (χ0n) is 15.4. The van der Waals surface area contributed by atoms with Crippen LogP contribution in [0.15, 0.2) is 48.0 Å². The van der Waals surface area contributed by atoms with Gasteiger partial charge in [-0.2, -0.15) is 0 Å². The summed E-state index contributed by atoms with van der Waals surface area (Å²) in [4.78, 5) is 13.6. The summed E-state index contributed by atoms with van der Waals surface area (Å²) in [6.45, 7) is 3.55. The van der Waals surface area contributed by atoms with E-state index in [4.69, 9.17) is 0 Å². The smallest absolute Gasteiger partial charge is 0.310 e. The van der Waals surface area contributed by atoms with Crippen molar-refractivity contribution in [2.24, 2.45) is 5.92 Å². The van der Waals surface area contributed by atoms with Gasteiger partial charge < -0.3 is 10.0 Å². The van der Waals surface area contributed by atoms with Crippen molar-refractivity contribution in [3.63, 3.8) is 0 Å². The summed E-state index contributed by atoms with van der Waals surface area (Å²) in [5.41, 5.74) is 6.19. The summed E-state index contributed by atoms with van der Waals surface area (Å²) >= 11 is 0. The van der Waals surface area contributed by atoms with E-state index in [2.05, 4.69) is 0 Å². The van der Waals surface area contributed by atoms with E-state index < -0.39 is 11.9 Å². The molecule has 4 heteroatoms. The van der Waals surface area contributed by atoms with Gasteiger partial charge in [0.2, 0.25) is 0 Å². The maximum atomic E-state index is 13.8. The zero-order chi connectivity index (χ0) is 19.0. The van der Waals surface area contributed by atoms with E-state index in [-0.39, 0.29) is 5.82 Å². The van der Waals surface area contributed by atoms with Crippen LogP contribution in [0.2, 0.25) is 0 Å². The summed E-state index contributed by atoms with van der Waals surface area (Å²) in [5.74, 6) is -1.97. The Kier molecular flexibility index (Phi) is 4.68. The number of halogens is 1. The number of allylic oxidation sites excluding steroid dienone is 2. The van der Waals surface area contributed by atoms with Crippen LogP contribution in [0.25, 0.3) is 17.2 Å². The third-order valence-electron chi connectivity index (χ3n) is 4.89. The predicted octanol–water partition coefficient (Wildman–Crippen LogP) is 4.94. The Morgan fingerprint density at radius 2 is 1.77 bits per heavy atom. The first-order valence-corrected chi connectivity index (χ1v) is 8.53. The second-order valence-corrected chi connectivity index (χ2v) is 6.83. The van der Waals surface area contributed by atoms with E-state index in [0.717, 1.165) is 28.0 Å². The first kappa shape index (κ1) is 17.9. The molecular weight excluding hydrogens is 329 g/mol. The van der Waals surface area contributed by atoms with E-state index in [1.807, 2.05) is 56.3 Å². The van der Waals surface area contributed by atoms with Gasteiger partial charge in [0.05, 0.1) is 5.92 Å². The summed E-state index contributed by atoms with van der Waals surface area (Å²) in [7, 11) is 3.98. The van der Waals surface area contributed by atoms with Crippen molar-refractivity contribution in [2.75, 3.05) is 19.0 Å². The fourth-order valence-corrected chi connectivity index (χ4v) is 3.43. The highest BCUT2D eigenvalue weighted by Crippen LogP contribution is 2.45. The number of carboxylic acids is 1. The highest BCUT2D eigenvalue weighted by Gasteiger charge is 2.30. The largest absolute Gasteiger partial charge is 0.481 e. The van der Waals surface area contributed by atoms with Crippen LogP contribution in [-0.4, -0.2) is 25.2 Å². The molecule has 134 valence electrons. The topological polar surface area (TPSA) is 40.5 Å². The summed E-state index contributed by atoms with van der Waals surface area (Å²) in [6, 6.07) is 12.7. The Morgan fingerprint density at radius 1 is 1.12 bits per heavy atom. The van der Waals surface area contributed by atoms with Gasteiger partial charge in [0.15, 0.2) is 0 Å². The van der Waals surface area contributed by atoms with Crippen LogP contribution in [-0.2, 0) is 4.79 Å². The highest BCUT2D eigenvalue weighted by molar-refractivity contribution is 6.08. The lowest BCUT2D eigenvalue weighted by Crippen LogP contribution is -2.11. The molecule has 1 N–H and O–H groups in total. The van der Waals surface area contributed by atoms with E-state index in [1.54, 1.807) is 13.0 Å². The number of benzene rings is 2. The lowest BCUT2D eigenvalue weighted by Gasteiger charge is -2.12. The molecule has 0 bridgehead atoms. The lowest BCUT2D eigenvalue weighted by molar-refractivity contribution is -0.139. The molecule has 2 aromatic carbocycles. The first-order valence-electron chi connectivity index (χ1n) is 8.53. The minimum Gasteiger partial charge on any atom is -0.481 e. The molecule has 0 spiro atoms. The number of aliphatic carboxylic acids is 1. The summed E-state index contributed by atoms with van der Waals surface area (Å²) in [6.07, 6.45) is 2.03. The van der Waals surface area contributed by atoms with Crippen LogP contribution in [0.1, 0.15) is 30.5 Å². The second kappa shape index (κ2) is 6.79. The van der Waals surface area contributed by atoms with Crippen LogP contribution in [0.4, 0.5) is 10.1 Å². The monoisotopic (exact) mass is 351 g/mol. The number of nitrogens with zero attached hydrogens (tertiary/aromatic N) is 1. The highest BCUT2D eigenvalue weighted by atomic mass is 19.1. The van der Waals surface area contributed by atoms with Crippen molar-refractivity contribution in [3.8, 4) is 0 Å². The molecular formula is C22H22FNO2. The molecule has 0 saturated carbocycles. The number of anilines is 1. The number of hydrogen-bond donors (Lipinski definition) is 1. The predicted molar refractivity (Wildman–Crippen MR) is 104 cm³/mol. The van der Waals surface area contributed by atoms with Crippen LogP contribution in [0.3, 0.4) is 0 Å². The zero-order valence-corrected chi connectivity index (χ0v) is 15.4. The van der Waals surface area contributed by atoms with Crippen molar-refractivity contribution in [3.05, 3.63) is 70.5 Å². The Labute approximate surface area is 153 Å². The molecule has 0 fully saturated rings. The lowest BCUT2D eigenvalue weighted by atomic mass is 9.94. The van der Waals surface area contributed by atoms with Gasteiger partial charge in [0.25, 0.3) is 0 Å². The van der Waals surface area contributed by atoms with Crippen molar-refractivity contribution >= 4 is 28.9 Å². The minimum absolute atomic E-state index is 0.358. The van der Waals surface area contributed by atoms with Gasteiger partial charge in [-0.1, -0.05) is 18.2 Å². The van der Waals surface area contributed by atoms with E-state index >= 15 is 0 Å². The normalized spacial score (nSPS) is 16.0. The fourth-order valence-electron chi connectivity index (χ4n) is 3.43. The van der Waals surface area contributed by atoms with Gasteiger partial charge in [-0.05, 0) is 77.6 Å². The van der Waals surface area contributed by atoms with Crippen molar-refractivity contribution in [1.82, 2.24) is 0 Å². The van der Waals surface area contributed by atoms with E-state index in [1.165, 1.54) is 12.1 Å². The molecule has 3 nitrogen and oxygen atoms in total. The third kappa shape index (κ3) is 3.15. The summed E-state index contributed by atoms with van der Waals surface area (Å²) < 4.78 is 13.8. The average Bonchev–Trinajstić information content (AvgIpc) is 2.86. The quantitative estimate of drug-likeness (QED) is 0.848. The molecule has 0 heterocycles. The van der Waals surface area contributed by atoms with Crippen LogP contribution in [0, 0.1) is 11.7 Å². The van der Waals surface area contributed by atoms with Gasteiger partial charge in [-0.25, -0.2) is 4.39 Å². The molecule has 26 heavy (non-hydrogen) atoms.